The zero-order chi connectivity index (χ0) is 13.1. The quantitative estimate of drug-likeness (QED) is 0.863. The Morgan fingerprint density at radius 1 is 1.67 bits per heavy atom. The van der Waals surface area contributed by atoms with Crippen LogP contribution in [0.4, 0.5) is 5.82 Å². The van der Waals surface area contributed by atoms with E-state index in [0.29, 0.717) is 17.4 Å². The van der Waals surface area contributed by atoms with Gasteiger partial charge in [0.1, 0.15) is 5.82 Å². The molecule has 0 saturated carbocycles. The van der Waals surface area contributed by atoms with E-state index in [1.54, 1.807) is 12.1 Å². The van der Waals surface area contributed by atoms with Crippen LogP contribution in [0.1, 0.15) is 13.3 Å². The summed E-state index contributed by atoms with van der Waals surface area (Å²) in [6.45, 7) is 3.11. The number of aliphatic hydroxyl groups is 1. The molecule has 0 radical (unpaired) electrons. The zero-order valence-corrected chi connectivity index (χ0v) is 10.9. The standard InChI is InChI=1S/C12H16ClN3O2/c1-8(16-5-4-10(17)7-16)12(18)15-11-3-2-9(13)6-14-11/h2-3,6,8,10,17H,4-5,7H2,1H3,(H,14,15,18)/t8?,10-/m1/s1. The fourth-order valence-corrected chi connectivity index (χ4v) is 2.08. The lowest BCUT2D eigenvalue weighted by molar-refractivity contribution is -0.120. The lowest BCUT2D eigenvalue weighted by atomic mass is 10.2. The Hall–Kier alpha value is -1.17. The largest absolute Gasteiger partial charge is 0.392 e. The summed E-state index contributed by atoms with van der Waals surface area (Å²) in [6, 6.07) is 3.06. The summed E-state index contributed by atoms with van der Waals surface area (Å²) in [7, 11) is 0. The van der Waals surface area contributed by atoms with E-state index in [9.17, 15) is 9.90 Å². The fraction of sp³-hybridized carbons (Fsp3) is 0.500. The van der Waals surface area contributed by atoms with Gasteiger partial charge < -0.3 is 10.4 Å². The van der Waals surface area contributed by atoms with Gasteiger partial charge in [-0.1, -0.05) is 11.6 Å². The van der Waals surface area contributed by atoms with Crippen LogP contribution in [-0.2, 0) is 4.79 Å². The molecular weight excluding hydrogens is 254 g/mol. The van der Waals surface area contributed by atoms with Crippen molar-refractivity contribution in [2.24, 2.45) is 0 Å². The molecule has 0 spiro atoms. The van der Waals surface area contributed by atoms with Crippen LogP contribution in [0.2, 0.25) is 5.02 Å². The van der Waals surface area contributed by atoms with Gasteiger partial charge in [0.25, 0.3) is 0 Å². The molecule has 1 amide bonds. The number of hydrogen-bond acceptors (Lipinski definition) is 4. The smallest absolute Gasteiger partial charge is 0.242 e. The van der Waals surface area contributed by atoms with E-state index in [2.05, 4.69) is 10.3 Å². The number of amides is 1. The van der Waals surface area contributed by atoms with Crippen molar-refractivity contribution in [2.45, 2.75) is 25.5 Å². The number of aromatic nitrogens is 1. The fourth-order valence-electron chi connectivity index (χ4n) is 1.97. The van der Waals surface area contributed by atoms with E-state index in [4.69, 9.17) is 11.6 Å². The number of rotatable bonds is 3. The molecule has 1 fully saturated rings. The summed E-state index contributed by atoms with van der Waals surface area (Å²) in [6.07, 6.45) is 1.88. The molecule has 1 aliphatic heterocycles. The minimum atomic E-state index is -0.325. The van der Waals surface area contributed by atoms with Gasteiger partial charge >= 0.3 is 0 Å². The molecule has 1 aromatic rings. The van der Waals surface area contributed by atoms with Crippen molar-refractivity contribution in [3.8, 4) is 0 Å². The molecule has 1 saturated heterocycles. The molecule has 2 heterocycles. The molecule has 1 aromatic heterocycles. The molecule has 2 N–H and O–H groups in total. The van der Waals surface area contributed by atoms with E-state index < -0.39 is 0 Å². The third-order valence-electron chi connectivity index (χ3n) is 3.10. The molecule has 1 unspecified atom stereocenters. The highest BCUT2D eigenvalue weighted by molar-refractivity contribution is 6.30. The molecule has 0 aromatic carbocycles. The lowest BCUT2D eigenvalue weighted by Gasteiger charge is -2.22. The maximum atomic E-state index is 12.0. The number of pyridine rings is 1. The van der Waals surface area contributed by atoms with Gasteiger partial charge in [0, 0.05) is 19.3 Å². The number of anilines is 1. The second-order valence-corrected chi connectivity index (χ2v) is 4.90. The number of likely N-dealkylation sites (tertiary alicyclic amines) is 1. The van der Waals surface area contributed by atoms with E-state index in [-0.39, 0.29) is 18.1 Å². The van der Waals surface area contributed by atoms with E-state index in [1.807, 2.05) is 11.8 Å². The number of nitrogens with zero attached hydrogens (tertiary/aromatic N) is 2. The Kier molecular flexibility index (Phi) is 4.16. The second-order valence-electron chi connectivity index (χ2n) is 4.46. The molecule has 5 nitrogen and oxygen atoms in total. The Labute approximate surface area is 111 Å². The third-order valence-corrected chi connectivity index (χ3v) is 3.32. The molecule has 18 heavy (non-hydrogen) atoms. The molecular formula is C12H16ClN3O2. The first-order valence-corrected chi connectivity index (χ1v) is 6.28. The highest BCUT2D eigenvalue weighted by Crippen LogP contribution is 2.14. The van der Waals surface area contributed by atoms with Gasteiger partial charge in [0.15, 0.2) is 0 Å². The van der Waals surface area contributed by atoms with Gasteiger partial charge in [-0.25, -0.2) is 4.98 Å². The summed E-state index contributed by atoms with van der Waals surface area (Å²) >= 11 is 5.72. The first-order valence-electron chi connectivity index (χ1n) is 5.91. The SMILES string of the molecule is CC(C(=O)Nc1ccc(Cl)cn1)N1CC[C@@H](O)C1. The van der Waals surface area contributed by atoms with Crippen molar-refractivity contribution in [3.63, 3.8) is 0 Å². The Bertz CT molecular complexity index is 424. The van der Waals surface area contributed by atoms with Crippen LogP contribution in [0.3, 0.4) is 0 Å². The number of β-amino-alcohol motifs (C(OH)–C–C–N with tert-alkyl or cyclic N) is 1. The number of carbonyl (C=O) groups excluding carboxylic acids is 1. The first-order chi connectivity index (χ1) is 8.56. The van der Waals surface area contributed by atoms with E-state index in [1.165, 1.54) is 6.20 Å². The van der Waals surface area contributed by atoms with Crippen LogP contribution in [0.5, 0.6) is 0 Å². The zero-order valence-electron chi connectivity index (χ0n) is 10.1. The summed E-state index contributed by atoms with van der Waals surface area (Å²) < 4.78 is 0. The van der Waals surface area contributed by atoms with Crippen LogP contribution in [-0.4, -0.2) is 46.1 Å². The van der Waals surface area contributed by atoms with Crippen LogP contribution >= 0.6 is 11.6 Å². The first kappa shape index (κ1) is 13.3. The normalized spacial score (nSPS) is 21.8. The van der Waals surface area contributed by atoms with Crippen LogP contribution in [0.15, 0.2) is 18.3 Å². The Morgan fingerprint density at radius 2 is 2.44 bits per heavy atom. The molecule has 2 rings (SSSR count). The van der Waals surface area contributed by atoms with Gasteiger partial charge in [0.05, 0.1) is 17.2 Å². The average Bonchev–Trinajstić information content (AvgIpc) is 2.78. The van der Waals surface area contributed by atoms with Crippen LogP contribution in [0.25, 0.3) is 0 Å². The van der Waals surface area contributed by atoms with Crippen molar-refractivity contribution >= 4 is 23.3 Å². The molecule has 0 aliphatic carbocycles. The van der Waals surface area contributed by atoms with Crippen molar-refractivity contribution < 1.29 is 9.90 Å². The predicted octanol–water partition coefficient (Wildman–Crippen LogP) is 1.13. The van der Waals surface area contributed by atoms with Crippen molar-refractivity contribution in [2.75, 3.05) is 18.4 Å². The maximum absolute atomic E-state index is 12.0. The van der Waals surface area contributed by atoms with Gasteiger partial charge in [-0.15, -0.1) is 0 Å². The minimum absolute atomic E-state index is 0.126. The average molecular weight is 270 g/mol. The molecule has 1 aliphatic rings. The summed E-state index contributed by atoms with van der Waals surface area (Å²) in [5.74, 6) is 0.356. The number of aliphatic hydroxyl groups excluding tert-OH is 1. The second kappa shape index (κ2) is 5.65. The number of hydrogen-bond donors (Lipinski definition) is 2. The maximum Gasteiger partial charge on any atom is 0.242 e. The van der Waals surface area contributed by atoms with E-state index in [0.717, 1.165) is 13.0 Å². The van der Waals surface area contributed by atoms with Crippen molar-refractivity contribution in [1.82, 2.24) is 9.88 Å². The van der Waals surface area contributed by atoms with Gasteiger partial charge in [0.2, 0.25) is 5.91 Å². The summed E-state index contributed by atoms with van der Waals surface area (Å²) in [5, 5.41) is 12.7. The lowest BCUT2D eigenvalue weighted by Crippen LogP contribution is -2.41. The number of carbonyl (C=O) groups is 1. The predicted molar refractivity (Wildman–Crippen MR) is 69.5 cm³/mol. The van der Waals surface area contributed by atoms with Gasteiger partial charge in [-0.3, -0.25) is 9.69 Å². The van der Waals surface area contributed by atoms with Crippen LogP contribution < -0.4 is 5.32 Å². The van der Waals surface area contributed by atoms with Crippen molar-refractivity contribution in [3.05, 3.63) is 23.4 Å². The molecule has 0 bridgehead atoms. The topological polar surface area (TPSA) is 65.5 Å². The van der Waals surface area contributed by atoms with Gasteiger partial charge in [-0.05, 0) is 25.5 Å². The summed E-state index contributed by atoms with van der Waals surface area (Å²) in [5.41, 5.74) is 0. The number of halogens is 1. The summed E-state index contributed by atoms with van der Waals surface area (Å²) in [4.78, 5) is 17.9. The Balaban J connectivity index is 1.93. The van der Waals surface area contributed by atoms with Crippen molar-refractivity contribution in [1.29, 1.82) is 0 Å². The van der Waals surface area contributed by atoms with Gasteiger partial charge in [-0.2, -0.15) is 0 Å². The number of nitrogens with one attached hydrogen (secondary N) is 1. The third kappa shape index (κ3) is 3.19. The molecule has 98 valence electrons. The highest BCUT2D eigenvalue weighted by atomic mass is 35.5. The monoisotopic (exact) mass is 269 g/mol. The molecule has 6 heteroatoms. The highest BCUT2D eigenvalue weighted by Gasteiger charge is 2.28. The Morgan fingerprint density at radius 3 is 3.00 bits per heavy atom. The van der Waals surface area contributed by atoms with Crippen LogP contribution in [0, 0.1) is 0 Å². The molecule has 2 atom stereocenters. The van der Waals surface area contributed by atoms with E-state index >= 15 is 0 Å². The minimum Gasteiger partial charge on any atom is -0.392 e.